The molecule has 0 aliphatic carbocycles. The molecule has 7 heteroatoms. The molecular formula is C27H33ClN4O2. The van der Waals surface area contributed by atoms with Crippen LogP contribution in [0, 0.1) is 20.8 Å². The molecule has 1 unspecified atom stereocenters. The Morgan fingerprint density at radius 3 is 2.74 bits per heavy atom. The monoisotopic (exact) mass is 480 g/mol. The second kappa shape index (κ2) is 10.7. The van der Waals surface area contributed by atoms with E-state index in [1.807, 2.05) is 43.7 Å². The Balaban J connectivity index is 1.37. The normalized spacial score (nSPS) is 16.6. The van der Waals surface area contributed by atoms with Crippen LogP contribution >= 0.6 is 11.6 Å². The molecule has 1 aliphatic heterocycles. The van der Waals surface area contributed by atoms with Gasteiger partial charge >= 0.3 is 0 Å². The number of halogens is 1. The first-order valence-electron chi connectivity index (χ1n) is 11.8. The number of rotatable bonds is 7. The van der Waals surface area contributed by atoms with Gasteiger partial charge in [-0.3, -0.25) is 9.69 Å². The minimum absolute atomic E-state index is 0.0138. The van der Waals surface area contributed by atoms with Crippen LogP contribution in [-0.4, -0.2) is 46.4 Å². The Labute approximate surface area is 206 Å². The summed E-state index contributed by atoms with van der Waals surface area (Å²) in [6.45, 7) is 12.1. The molecule has 0 radical (unpaired) electrons. The molecule has 2 heterocycles. The fourth-order valence-corrected chi connectivity index (χ4v) is 4.62. The fourth-order valence-electron chi connectivity index (χ4n) is 4.45. The van der Waals surface area contributed by atoms with Gasteiger partial charge in [-0.25, -0.2) is 4.68 Å². The predicted octanol–water partition coefficient (Wildman–Crippen LogP) is 4.53. The summed E-state index contributed by atoms with van der Waals surface area (Å²) in [4.78, 5) is 15.2. The Bertz CT molecular complexity index is 1170. The predicted molar refractivity (Wildman–Crippen MR) is 135 cm³/mol. The standard InChI is InChI=1S/C27H33ClN4O2/c1-18-8-9-24(13-26(18)28)32-21(4)25(20(3)30-32)14-27(33)29-15-22-6-5-7-23(12-22)17-31-10-11-34-19(2)16-31/h5-9,12-13,19H,10-11,14-17H2,1-4H3,(H,29,33). The van der Waals surface area contributed by atoms with Crippen LogP contribution in [0.15, 0.2) is 42.5 Å². The molecule has 1 fully saturated rings. The maximum Gasteiger partial charge on any atom is 0.224 e. The van der Waals surface area contributed by atoms with Gasteiger partial charge in [0.2, 0.25) is 5.91 Å². The van der Waals surface area contributed by atoms with E-state index >= 15 is 0 Å². The van der Waals surface area contributed by atoms with E-state index in [9.17, 15) is 4.79 Å². The Kier molecular flexibility index (Phi) is 7.71. The van der Waals surface area contributed by atoms with E-state index < -0.39 is 0 Å². The Morgan fingerprint density at radius 1 is 1.18 bits per heavy atom. The van der Waals surface area contributed by atoms with E-state index in [0.717, 1.165) is 60.0 Å². The van der Waals surface area contributed by atoms with Crippen molar-refractivity contribution in [2.24, 2.45) is 0 Å². The quantitative estimate of drug-likeness (QED) is 0.539. The van der Waals surface area contributed by atoms with Crippen molar-refractivity contribution in [2.45, 2.75) is 53.3 Å². The third-order valence-electron chi connectivity index (χ3n) is 6.39. The van der Waals surface area contributed by atoms with Crippen LogP contribution in [-0.2, 0) is 29.0 Å². The molecule has 0 spiro atoms. The molecule has 1 aliphatic rings. The first kappa shape index (κ1) is 24.5. The zero-order valence-electron chi connectivity index (χ0n) is 20.4. The molecule has 6 nitrogen and oxygen atoms in total. The van der Waals surface area contributed by atoms with E-state index in [0.29, 0.717) is 18.0 Å². The van der Waals surface area contributed by atoms with Crippen molar-refractivity contribution in [1.82, 2.24) is 20.0 Å². The molecule has 1 saturated heterocycles. The fraction of sp³-hybridized carbons (Fsp3) is 0.407. The van der Waals surface area contributed by atoms with Crippen molar-refractivity contribution in [2.75, 3.05) is 19.7 Å². The molecule has 0 bridgehead atoms. The minimum Gasteiger partial charge on any atom is -0.376 e. The smallest absolute Gasteiger partial charge is 0.224 e. The van der Waals surface area contributed by atoms with Gasteiger partial charge in [0.05, 0.1) is 30.5 Å². The molecule has 180 valence electrons. The summed E-state index contributed by atoms with van der Waals surface area (Å²) in [5.74, 6) is -0.0138. The van der Waals surface area contributed by atoms with E-state index in [1.54, 1.807) is 0 Å². The van der Waals surface area contributed by atoms with E-state index in [4.69, 9.17) is 16.3 Å². The van der Waals surface area contributed by atoms with Gasteiger partial charge in [-0.05, 0) is 56.5 Å². The molecule has 1 N–H and O–H groups in total. The number of benzene rings is 2. The lowest BCUT2D eigenvalue weighted by atomic mass is 10.1. The highest BCUT2D eigenvalue weighted by molar-refractivity contribution is 6.31. The van der Waals surface area contributed by atoms with Gasteiger partial charge in [0.1, 0.15) is 0 Å². The lowest BCUT2D eigenvalue weighted by molar-refractivity contribution is -0.120. The number of nitrogens with zero attached hydrogens (tertiary/aromatic N) is 3. The lowest BCUT2D eigenvalue weighted by Crippen LogP contribution is -2.40. The summed E-state index contributed by atoms with van der Waals surface area (Å²) in [6, 6.07) is 14.3. The minimum atomic E-state index is -0.0138. The molecule has 1 atom stereocenters. The Morgan fingerprint density at radius 2 is 1.97 bits per heavy atom. The van der Waals surface area contributed by atoms with Crippen molar-refractivity contribution in [1.29, 1.82) is 0 Å². The number of hydrogen-bond acceptors (Lipinski definition) is 4. The van der Waals surface area contributed by atoms with Crippen LogP contribution in [0.3, 0.4) is 0 Å². The third-order valence-corrected chi connectivity index (χ3v) is 6.80. The maximum atomic E-state index is 12.8. The number of aromatic nitrogens is 2. The first-order chi connectivity index (χ1) is 16.3. The van der Waals surface area contributed by atoms with Crippen LogP contribution < -0.4 is 5.32 Å². The van der Waals surface area contributed by atoms with Gasteiger partial charge in [-0.1, -0.05) is 41.9 Å². The Hall–Kier alpha value is -2.67. The second-order valence-electron chi connectivity index (χ2n) is 9.18. The van der Waals surface area contributed by atoms with Gasteiger partial charge in [0, 0.05) is 42.5 Å². The first-order valence-corrected chi connectivity index (χ1v) is 12.2. The molecule has 1 amide bonds. The van der Waals surface area contributed by atoms with Gasteiger partial charge in [0.25, 0.3) is 0 Å². The highest BCUT2D eigenvalue weighted by Gasteiger charge is 2.18. The average molecular weight is 481 g/mol. The highest BCUT2D eigenvalue weighted by Crippen LogP contribution is 2.23. The molecule has 4 rings (SSSR count). The highest BCUT2D eigenvalue weighted by atomic mass is 35.5. The van der Waals surface area contributed by atoms with Crippen LogP contribution in [0.25, 0.3) is 5.69 Å². The van der Waals surface area contributed by atoms with Gasteiger partial charge in [-0.2, -0.15) is 5.10 Å². The van der Waals surface area contributed by atoms with Crippen LogP contribution in [0.2, 0.25) is 5.02 Å². The molecule has 1 aromatic heterocycles. The zero-order valence-corrected chi connectivity index (χ0v) is 21.2. The average Bonchev–Trinajstić information content (AvgIpc) is 3.08. The third kappa shape index (κ3) is 5.87. The lowest BCUT2D eigenvalue weighted by Gasteiger charge is -2.31. The number of morpholine rings is 1. The van der Waals surface area contributed by atoms with Crippen LogP contribution in [0.1, 0.15) is 40.6 Å². The van der Waals surface area contributed by atoms with Gasteiger partial charge < -0.3 is 10.1 Å². The van der Waals surface area contributed by atoms with Crippen molar-refractivity contribution < 1.29 is 9.53 Å². The summed E-state index contributed by atoms with van der Waals surface area (Å²) in [5.41, 5.74) is 7.03. The molecule has 0 saturated carbocycles. The van der Waals surface area contributed by atoms with Crippen LogP contribution in [0.5, 0.6) is 0 Å². The van der Waals surface area contributed by atoms with Gasteiger partial charge in [-0.15, -0.1) is 0 Å². The largest absolute Gasteiger partial charge is 0.376 e. The summed E-state index contributed by atoms with van der Waals surface area (Å²) in [5, 5.41) is 8.44. The van der Waals surface area contributed by atoms with Crippen LogP contribution in [0.4, 0.5) is 0 Å². The second-order valence-corrected chi connectivity index (χ2v) is 9.59. The molecular weight excluding hydrogens is 448 g/mol. The topological polar surface area (TPSA) is 59.4 Å². The van der Waals surface area contributed by atoms with E-state index in [-0.39, 0.29) is 12.0 Å². The molecule has 3 aromatic rings. The number of carbonyl (C=O) groups is 1. The molecule has 34 heavy (non-hydrogen) atoms. The summed E-state index contributed by atoms with van der Waals surface area (Å²) >= 11 is 6.31. The summed E-state index contributed by atoms with van der Waals surface area (Å²) < 4.78 is 7.50. The number of amides is 1. The summed E-state index contributed by atoms with van der Waals surface area (Å²) in [7, 11) is 0. The number of nitrogens with one attached hydrogen (secondary N) is 1. The number of carbonyl (C=O) groups excluding carboxylic acids is 1. The maximum absolute atomic E-state index is 12.8. The van der Waals surface area contributed by atoms with Crippen molar-refractivity contribution >= 4 is 17.5 Å². The van der Waals surface area contributed by atoms with E-state index in [1.165, 1.54) is 5.56 Å². The van der Waals surface area contributed by atoms with E-state index in [2.05, 4.69) is 46.5 Å². The number of ether oxygens (including phenoxy) is 1. The molecule has 2 aromatic carbocycles. The summed E-state index contributed by atoms with van der Waals surface area (Å²) in [6.07, 6.45) is 0.568. The number of aryl methyl sites for hydroxylation is 2. The van der Waals surface area contributed by atoms with Gasteiger partial charge in [0.15, 0.2) is 0 Å². The zero-order chi connectivity index (χ0) is 24.2. The SMILES string of the molecule is Cc1ccc(-n2nc(C)c(CC(=O)NCc3cccc(CN4CCOC(C)C4)c3)c2C)cc1Cl. The van der Waals surface area contributed by atoms with Crippen molar-refractivity contribution in [3.8, 4) is 5.69 Å². The van der Waals surface area contributed by atoms with Crippen molar-refractivity contribution in [3.63, 3.8) is 0 Å². The number of hydrogen-bond donors (Lipinski definition) is 1. The van der Waals surface area contributed by atoms with Crippen molar-refractivity contribution in [3.05, 3.63) is 81.1 Å².